The van der Waals surface area contributed by atoms with Crippen molar-refractivity contribution in [1.82, 2.24) is 4.90 Å². The van der Waals surface area contributed by atoms with Crippen LogP contribution in [0, 0.1) is 5.92 Å². The molecule has 20 heavy (non-hydrogen) atoms. The zero-order valence-electron chi connectivity index (χ0n) is 13.5. The number of nitrogens with two attached hydrogens (primary N) is 1. The van der Waals surface area contributed by atoms with Gasteiger partial charge in [-0.2, -0.15) is 0 Å². The molecule has 0 heterocycles. The second kappa shape index (κ2) is 8.25. The van der Waals surface area contributed by atoms with E-state index in [2.05, 4.69) is 0 Å². The SMILES string of the molecule is CC(N)CCCC(C)C(=O)N(CCC(=O)O)C(C)(C)C. The van der Waals surface area contributed by atoms with E-state index in [9.17, 15) is 9.59 Å². The number of amides is 1. The van der Waals surface area contributed by atoms with Crippen LogP contribution in [-0.4, -0.2) is 40.0 Å². The Labute approximate surface area is 122 Å². The summed E-state index contributed by atoms with van der Waals surface area (Å²) in [4.78, 5) is 24.9. The number of rotatable bonds is 8. The van der Waals surface area contributed by atoms with Crippen LogP contribution in [-0.2, 0) is 9.59 Å². The summed E-state index contributed by atoms with van der Waals surface area (Å²) in [5.74, 6) is -0.943. The second-order valence-electron chi connectivity index (χ2n) is 6.61. The molecule has 118 valence electrons. The van der Waals surface area contributed by atoms with Gasteiger partial charge in [-0.1, -0.05) is 13.3 Å². The molecule has 5 nitrogen and oxygen atoms in total. The molecule has 0 saturated carbocycles. The summed E-state index contributed by atoms with van der Waals surface area (Å²) in [5, 5.41) is 8.80. The third-order valence-corrected chi connectivity index (χ3v) is 3.34. The summed E-state index contributed by atoms with van der Waals surface area (Å²) in [7, 11) is 0. The summed E-state index contributed by atoms with van der Waals surface area (Å²) in [5.41, 5.74) is 5.35. The van der Waals surface area contributed by atoms with E-state index in [1.165, 1.54) is 0 Å². The molecule has 5 heteroatoms. The molecular formula is C15H30N2O3. The Bertz CT molecular complexity index is 322. The Kier molecular flexibility index (Phi) is 7.79. The van der Waals surface area contributed by atoms with Gasteiger partial charge in [0.25, 0.3) is 0 Å². The number of carboxylic acids is 1. The highest BCUT2D eigenvalue weighted by atomic mass is 16.4. The standard InChI is InChI=1S/C15H30N2O3/c1-11(7-6-8-12(2)16)14(20)17(15(3,4)5)10-9-13(18)19/h11-12H,6-10,16H2,1-5H3,(H,18,19). The molecule has 0 aromatic heterocycles. The zero-order valence-corrected chi connectivity index (χ0v) is 13.5. The highest BCUT2D eigenvalue weighted by Gasteiger charge is 2.29. The molecule has 0 aliphatic carbocycles. The smallest absolute Gasteiger partial charge is 0.305 e. The minimum atomic E-state index is -0.878. The van der Waals surface area contributed by atoms with Crippen molar-refractivity contribution >= 4 is 11.9 Å². The van der Waals surface area contributed by atoms with E-state index >= 15 is 0 Å². The fraction of sp³-hybridized carbons (Fsp3) is 0.867. The first-order chi connectivity index (χ1) is 9.05. The first-order valence-electron chi connectivity index (χ1n) is 7.34. The van der Waals surface area contributed by atoms with Crippen molar-refractivity contribution < 1.29 is 14.7 Å². The minimum absolute atomic E-state index is 0.0183. The number of hydrogen-bond donors (Lipinski definition) is 2. The fourth-order valence-electron chi connectivity index (χ4n) is 2.12. The lowest BCUT2D eigenvalue weighted by molar-refractivity contribution is -0.143. The molecule has 2 atom stereocenters. The van der Waals surface area contributed by atoms with Crippen molar-refractivity contribution in [2.45, 2.75) is 71.9 Å². The maximum absolute atomic E-state index is 12.5. The van der Waals surface area contributed by atoms with Gasteiger partial charge in [0.2, 0.25) is 5.91 Å². The van der Waals surface area contributed by atoms with Crippen molar-refractivity contribution in [3.8, 4) is 0 Å². The van der Waals surface area contributed by atoms with Gasteiger partial charge in [0.1, 0.15) is 0 Å². The number of carbonyl (C=O) groups excluding carboxylic acids is 1. The number of carbonyl (C=O) groups is 2. The van der Waals surface area contributed by atoms with E-state index in [1.807, 2.05) is 34.6 Å². The van der Waals surface area contributed by atoms with Crippen LogP contribution in [0.25, 0.3) is 0 Å². The molecular weight excluding hydrogens is 256 g/mol. The van der Waals surface area contributed by atoms with Gasteiger partial charge in [0.15, 0.2) is 0 Å². The van der Waals surface area contributed by atoms with Crippen LogP contribution in [0.1, 0.15) is 60.3 Å². The number of carboxylic acid groups (broad SMARTS) is 1. The number of hydrogen-bond acceptors (Lipinski definition) is 3. The molecule has 0 aromatic rings. The van der Waals surface area contributed by atoms with Crippen LogP contribution in [0.5, 0.6) is 0 Å². The van der Waals surface area contributed by atoms with Gasteiger partial charge >= 0.3 is 5.97 Å². The molecule has 0 radical (unpaired) electrons. The monoisotopic (exact) mass is 286 g/mol. The summed E-state index contributed by atoms with van der Waals surface area (Å²) in [6.45, 7) is 9.92. The van der Waals surface area contributed by atoms with E-state index in [4.69, 9.17) is 10.8 Å². The van der Waals surface area contributed by atoms with Crippen molar-refractivity contribution in [1.29, 1.82) is 0 Å². The summed E-state index contributed by atoms with van der Waals surface area (Å²) >= 11 is 0. The first-order valence-corrected chi connectivity index (χ1v) is 7.34. The predicted octanol–water partition coefficient (Wildman–Crippen LogP) is 2.24. The number of nitrogens with zero attached hydrogens (tertiary/aromatic N) is 1. The van der Waals surface area contributed by atoms with Gasteiger partial charge < -0.3 is 15.7 Å². The highest BCUT2D eigenvalue weighted by molar-refractivity contribution is 5.79. The Morgan fingerprint density at radius 1 is 1.20 bits per heavy atom. The molecule has 2 unspecified atom stereocenters. The third kappa shape index (κ3) is 7.48. The normalized spacial score (nSPS) is 14.7. The molecule has 0 aromatic carbocycles. The molecule has 0 saturated heterocycles. The lowest BCUT2D eigenvalue weighted by Gasteiger charge is -2.37. The lowest BCUT2D eigenvalue weighted by Crippen LogP contribution is -2.48. The van der Waals surface area contributed by atoms with Gasteiger partial charge in [0.05, 0.1) is 6.42 Å². The molecule has 0 bridgehead atoms. The Balaban J connectivity index is 4.56. The van der Waals surface area contributed by atoms with Crippen molar-refractivity contribution in [2.75, 3.05) is 6.54 Å². The Morgan fingerprint density at radius 3 is 2.15 bits per heavy atom. The lowest BCUT2D eigenvalue weighted by atomic mass is 9.97. The molecule has 0 aliphatic rings. The van der Waals surface area contributed by atoms with Crippen molar-refractivity contribution in [2.24, 2.45) is 11.7 Å². The maximum Gasteiger partial charge on any atom is 0.305 e. The van der Waals surface area contributed by atoms with E-state index in [-0.39, 0.29) is 36.4 Å². The van der Waals surface area contributed by atoms with Crippen LogP contribution in [0.3, 0.4) is 0 Å². The predicted molar refractivity (Wildman–Crippen MR) is 80.4 cm³/mol. The fourth-order valence-corrected chi connectivity index (χ4v) is 2.12. The largest absolute Gasteiger partial charge is 0.481 e. The van der Waals surface area contributed by atoms with Crippen LogP contribution in [0.2, 0.25) is 0 Å². The van der Waals surface area contributed by atoms with E-state index in [1.54, 1.807) is 4.90 Å². The van der Waals surface area contributed by atoms with Gasteiger partial charge in [-0.05, 0) is 40.5 Å². The third-order valence-electron chi connectivity index (χ3n) is 3.34. The maximum atomic E-state index is 12.5. The molecule has 3 N–H and O–H groups in total. The minimum Gasteiger partial charge on any atom is -0.481 e. The van der Waals surface area contributed by atoms with Crippen molar-refractivity contribution in [3.63, 3.8) is 0 Å². The number of aliphatic carboxylic acids is 1. The second-order valence-corrected chi connectivity index (χ2v) is 6.61. The van der Waals surface area contributed by atoms with Crippen LogP contribution >= 0.6 is 0 Å². The first kappa shape index (κ1) is 18.9. The molecule has 0 spiro atoms. The van der Waals surface area contributed by atoms with E-state index in [0.717, 1.165) is 19.3 Å². The quantitative estimate of drug-likeness (QED) is 0.716. The molecule has 0 fully saturated rings. The molecule has 0 rings (SSSR count). The average molecular weight is 286 g/mol. The van der Waals surface area contributed by atoms with Crippen LogP contribution in [0.4, 0.5) is 0 Å². The van der Waals surface area contributed by atoms with Gasteiger partial charge in [-0.3, -0.25) is 9.59 Å². The van der Waals surface area contributed by atoms with E-state index in [0.29, 0.717) is 0 Å². The van der Waals surface area contributed by atoms with Gasteiger partial charge in [-0.25, -0.2) is 0 Å². The Hall–Kier alpha value is -1.10. The van der Waals surface area contributed by atoms with Gasteiger partial charge in [0, 0.05) is 24.0 Å². The zero-order chi connectivity index (χ0) is 15.9. The molecule has 0 aliphatic heterocycles. The van der Waals surface area contributed by atoms with Crippen LogP contribution < -0.4 is 5.73 Å². The van der Waals surface area contributed by atoms with Gasteiger partial charge in [-0.15, -0.1) is 0 Å². The summed E-state index contributed by atoms with van der Waals surface area (Å²) < 4.78 is 0. The topological polar surface area (TPSA) is 83.6 Å². The Morgan fingerprint density at radius 2 is 1.75 bits per heavy atom. The summed E-state index contributed by atoms with van der Waals surface area (Å²) in [6, 6.07) is 0.156. The van der Waals surface area contributed by atoms with E-state index < -0.39 is 5.97 Å². The van der Waals surface area contributed by atoms with Crippen LogP contribution in [0.15, 0.2) is 0 Å². The van der Waals surface area contributed by atoms with Crippen molar-refractivity contribution in [3.05, 3.63) is 0 Å². The molecule has 1 amide bonds. The highest BCUT2D eigenvalue weighted by Crippen LogP contribution is 2.20. The average Bonchev–Trinajstić information content (AvgIpc) is 2.25. The summed E-state index contributed by atoms with van der Waals surface area (Å²) in [6.07, 6.45) is 2.60.